The lowest BCUT2D eigenvalue weighted by atomic mass is 9.67. The molecule has 0 bridgehead atoms. The van der Waals surface area contributed by atoms with E-state index in [4.69, 9.17) is 9.47 Å². The number of esters is 1. The Morgan fingerprint density at radius 3 is 2.20 bits per heavy atom. The van der Waals surface area contributed by atoms with Crippen molar-refractivity contribution in [2.45, 2.75) is 102 Å². The lowest BCUT2D eigenvalue weighted by Crippen LogP contribution is -2.54. The molecule has 1 aliphatic heterocycles. The smallest absolute Gasteiger partial charge is 0.333 e. The van der Waals surface area contributed by atoms with Gasteiger partial charge in [-0.2, -0.15) is 0 Å². The standard InChI is InChI=1S/C22H36O3/c1-17(2)21(23)25-22(20-14-9-15-24-20,19-12-7-4-8-13-19)16-18-10-5-3-6-11-18/h18-20H,1,3-16H2,2H3. The van der Waals surface area contributed by atoms with E-state index in [0.29, 0.717) is 17.4 Å². The molecule has 0 amide bonds. The molecule has 0 aromatic heterocycles. The monoisotopic (exact) mass is 348 g/mol. The third-order valence-corrected chi connectivity index (χ3v) is 6.73. The molecule has 2 atom stereocenters. The van der Waals surface area contributed by atoms with E-state index in [9.17, 15) is 4.79 Å². The Kier molecular flexibility index (Phi) is 6.60. The molecule has 3 rings (SSSR count). The van der Waals surface area contributed by atoms with E-state index in [1.807, 2.05) is 0 Å². The second-order valence-corrected chi connectivity index (χ2v) is 8.67. The highest BCUT2D eigenvalue weighted by Gasteiger charge is 2.51. The number of hydrogen-bond donors (Lipinski definition) is 0. The SMILES string of the molecule is C=C(C)C(=O)OC(CC1CCCCC1)(C1CCCCC1)C1CCCO1. The zero-order chi connectivity index (χ0) is 17.7. The van der Waals surface area contributed by atoms with Gasteiger partial charge in [-0.25, -0.2) is 4.79 Å². The molecule has 0 radical (unpaired) electrons. The number of carbonyl (C=O) groups is 1. The summed E-state index contributed by atoms with van der Waals surface area (Å²) in [7, 11) is 0. The van der Waals surface area contributed by atoms with Gasteiger partial charge in [0.05, 0.1) is 6.10 Å². The maximum atomic E-state index is 12.6. The summed E-state index contributed by atoms with van der Waals surface area (Å²) in [6.07, 6.45) is 16.0. The second-order valence-electron chi connectivity index (χ2n) is 8.67. The van der Waals surface area contributed by atoms with Crippen molar-refractivity contribution in [2.24, 2.45) is 11.8 Å². The van der Waals surface area contributed by atoms with Crippen LogP contribution in [0.4, 0.5) is 0 Å². The second kappa shape index (κ2) is 8.70. The van der Waals surface area contributed by atoms with Crippen LogP contribution in [-0.4, -0.2) is 24.3 Å². The molecule has 3 aliphatic rings. The molecule has 1 saturated heterocycles. The maximum absolute atomic E-state index is 12.6. The minimum Gasteiger partial charge on any atom is -0.453 e. The molecule has 1 heterocycles. The summed E-state index contributed by atoms with van der Waals surface area (Å²) in [4.78, 5) is 12.6. The van der Waals surface area contributed by atoms with Crippen LogP contribution in [-0.2, 0) is 14.3 Å². The maximum Gasteiger partial charge on any atom is 0.333 e. The van der Waals surface area contributed by atoms with Gasteiger partial charge in [-0.1, -0.05) is 57.9 Å². The Bertz CT molecular complexity index is 454. The van der Waals surface area contributed by atoms with Gasteiger partial charge in [0.25, 0.3) is 0 Å². The van der Waals surface area contributed by atoms with Gasteiger partial charge in [0.1, 0.15) is 5.60 Å². The van der Waals surface area contributed by atoms with Gasteiger partial charge in [-0.05, 0) is 44.9 Å². The minimum absolute atomic E-state index is 0.0841. The molecule has 25 heavy (non-hydrogen) atoms. The van der Waals surface area contributed by atoms with E-state index in [1.54, 1.807) is 6.92 Å². The Morgan fingerprint density at radius 2 is 1.64 bits per heavy atom. The van der Waals surface area contributed by atoms with Crippen LogP contribution in [0, 0.1) is 11.8 Å². The normalized spacial score (nSPS) is 28.4. The van der Waals surface area contributed by atoms with Crippen molar-refractivity contribution < 1.29 is 14.3 Å². The predicted molar refractivity (Wildman–Crippen MR) is 100 cm³/mol. The average molecular weight is 349 g/mol. The molecule has 2 aliphatic carbocycles. The molecule has 0 aromatic carbocycles. The van der Waals surface area contributed by atoms with Crippen LogP contribution in [0.25, 0.3) is 0 Å². The van der Waals surface area contributed by atoms with Gasteiger partial charge < -0.3 is 9.47 Å². The topological polar surface area (TPSA) is 35.5 Å². The van der Waals surface area contributed by atoms with Crippen molar-refractivity contribution >= 4 is 5.97 Å². The summed E-state index contributed by atoms with van der Waals surface area (Å²) >= 11 is 0. The highest BCUT2D eigenvalue weighted by molar-refractivity contribution is 5.87. The molecule has 0 N–H and O–H groups in total. The summed E-state index contributed by atoms with van der Waals surface area (Å²) in [5.41, 5.74) is 0.0939. The Morgan fingerprint density at radius 1 is 1.00 bits per heavy atom. The van der Waals surface area contributed by atoms with Crippen LogP contribution < -0.4 is 0 Å². The minimum atomic E-state index is -0.422. The van der Waals surface area contributed by atoms with Crippen molar-refractivity contribution in [3.05, 3.63) is 12.2 Å². The molecule has 0 spiro atoms. The zero-order valence-electron chi connectivity index (χ0n) is 16.1. The highest BCUT2D eigenvalue weighted by Crippen LogP contribution is 2.47. The van der Waals surface area contributed by atoms with Gasteiger partial charge in [0.15, 0.2) is 0 Å². The molecule has 0 aromatic rings. The van der Waals surface area contributed by atoms with E-state index >= 15 is 0 Å². The third kappa shape index (κ3) is 4.48. The van der Waals surface area contributed by atoms with E-state index < -0.39 is 5.60 Å². The van der Waals surface area contributed by atoms with E-state index in [-0.39, 0.29) is 12.1 Å². The Balaban J connectivity index is 1.88. The van der Waals surface area contributed by atoms with Crippen LogP contribution in [0.15, 0.2) is 12.2 Å². The summed E-state index contributed by atoms with van der Waals surface area (Å²) < 4.78 is 12.5. The summed E-state index contributed by atoms with van der Waals surface area (Å²) in [5, 5.41) is 0. The fraction of sp³-hybridized carbons (Fsp3) is 0.864. The Labute approximate surface area is 153 Å². The van der Waals surface area contributed by atoms with Crippen molar-refractivity contribution in [2.75, 3.05) is 6.61 Å². The quantitative estimate of drug-likeness (QED) is 0.465. The average Bonchev–Trinajstić information content (AvgIpc) is 3.18. The molecule has 3 heteroatoms. The molecule has 142 valence electrons. The zero-order valence-corrected chi connectivity index (χ0v) is 16.1. The molecule has 2 unspecified atom stereocenters. The van der Waals surface area contributed by atoms with Gasteiger partial charge in [-0.3, -0.25) is 0 Å². The number of carbonyl (C=O) groups excluding carboxylic acids is 1. The molecule has 3 fully saturated rings. The molecule has 2 saturated carbocycles. The van der Waals surface area contributed by atoms with Crippen molar-refractivity contribution in [3.63, 3.8) is 0 Å². The fourth-order valence-corrected chi connectivity index (χ4v) is 5.41. The van der Waals surface area contributed by atoms with Gasteiger partial charge >= 0.3 is 5.97 Å². The lowest BCUT2D eigenvalue weighted by molar-refractivity contribution is -0.191. The fourth-order valence-electron chi connectivity index (χ4n) is 5.41. The van der Waals surface area contributed by atoms with Crippen LogP contribution in [0.5, 0.6) is 0 Å². The molecule has 3 nitrogen and oxygen atoms in total. The first-order valence-electron chi connectivity index (χ1n) is 10.6. The number of rotatable bonds is 6. The lowest BCUT2D eigenvalue weighted by Gasteiger charge is -2.47. The van der Waals surface area contributed by atoms with Gasteiger partial charge in [0, 0.05) is 18.1 Å². The molecular weight excluding hydrogens is 312 g/mol. The van der Waals surface area contributed by atoms with Crippen molar-refractivity contribution in [1.29, 1.82) is 0 Å². The predicted octanol–water partition coefficient (Wildman–Crippen LogP) is 5.57. The Hall–Kier alpha value is -0.830. The summed E-state index contributed by atoms with van der Waals surface area (Å²) in [6.45, 7) is 6.42. The number of ether oxygens (including phenoxy) is 2. The van der Waals surface area contributed by atoms with E-state index in [2.05, 4.69) is 6.58 Å². The van der Waals surface area contributed by atoms with Crippen LogP contribution in [0.1, 0.15) is 90.4 Å². The van der Waals surface area contributed by atoms with Crippen molar-refractivity contribution in [1.82, 2.24) is 0 Å². The first-order valence-corrected chi connectivity index (χ1v) is 10.6. The van der Waals surface area contributed by atoms with Crippen molar-refractivity contribution in [3.8, 4) is 0 Å². The highest BCUT2D eigenvalue weighted by atomic mass is 16.6. The molecular formula is C22H36O3. The summed E-state index contributed by atoms with van der Waals surface area (Å²) in [5.74, 6) is 0.921. The first kappa shape index (κ1) is 18.9. The van der Waals surface area contributed by atoms with Crippen LogP contribution in [0.2, 0.25) is 0 Å². The van der Waals surface area contributed by atoms with Gasteiger partial charge in [-0.15, -0.1) is 0 Å². The largest absolute Gasteiger partial charge is 0.453 e. The third-order valence-electron chi connectivity index (χ3n) is 6.73. The van der Waals surface area contributed by atoms with E-state index in [0.717, 1.165) is 25.9 Å². The van der Waals surface area contributed by atoms with Gasteiger partial charge in [0.2, 0.25) is 0 Å². The van der Waals surface area contributed by atoms with E-state index in [1.165, 1.54) is 64.2 Å². The van der Waals surface area contributed by atoms with Crippen LogP contribution in [0.3, 0.4) is 0 Å². The summed E-state index contributed by atoms with van der Waals surface area (Å²) in [6, 6.07) is 0. The number of hydrogen-bond acceptors (Lipinski definition) is 3. The van der Waals surface area contributed by atoms with Crippen LogP contribution >= 0.6 is 0 Å². The first-order chi connectivity index (χ1) is 12.1.